The first-order valence-electron chi connectivity index (χ1n) is 2.78. The molecule has 1 aromatic rings. The van der Waals surface area contributed by atoms with Crippen LogP contribution in [0.15, 0.2) is 18.2 Å². The van der Waals surface area contributed by atoms with Crippen molar-refractivity contribution < 1.29 is 12.4 Å². The van der Waals surface area contributed by atoms with Crippen LogP contribution in [0, 0.1) is 13.8 Å². The molecule has 0 spiro atoms. The van der Waals surface area contributed by atoms with Crippen LogP contribution in [0.5, 0.6) is 0 Å². The maximum atomic E-state index is 5.75. The summed E-state index contributed by atoms with van der Waals surface area (Å²) >= 11 is 5.75. The molecule has 0 aromatic heterocycles. The molecular weight excluding hydrogens is 191 g/mol. The molecule has 56 valence electrons. The molecule has 1 rings (SSSR count). The van der Waals surface area contributed by atoms with Gasteiger partial charge in [-0.05, 0) is 6.92 Å². The van der Waals surface area contributed by atoms with Gasteiger partial charge < -0.3 is 12.4 Å². The van der Waals surface area contributed by atoms with Gasteiger partial charge in [-0.25, -0.2) is 0 Å². The molecule has 0 aliphatic rings. The fraction of sp³-hybridized carbons (Fsp3) is 0.125. The van der Waals surface area contributed by atoms with Crippen molar-refractivity contribution in [1.29, 1.82) is 0 Å². The van der Waals surface area contributed by atoms with Gasteiger partial charge in [-0.3, -0.25) is 0 Å². The van der Waals surface area contributed by atoms with Crippen LogP contribution >= 0.6 is 11.6 Å². The van der Waals surface area contributed by atoms with E-state index in [4.69, 9.17) is 11.6 Å². The Bertz CT molecular complexity index is 223. The van der Waals surface area contributed by atoms with Crippen LogP contribution in [0.4, 0.5) is 0 Å². The summed E-state index contributed by atoms with van der Waals surface area (Å²) in [7, 11) is 0. The minimum Gasteiger partial charge on any atom is -1.00 e. The van der Waals surface area contributed by atoms with E-state index in [-0.39, 0.29) is 35.5 Å². The van der Waals surface area contributed by atoms with E-state index in [9.17, 15) is 0 Å². The van der Waals surface area contributed by atoms with Gasteiger partial charge in [0.1, 0.15) is 0 Å². The molecule has 0 N–H and O–H groups in total. The summed E-state index contributed by atoms with van der Waals surface area (Å²) in [6, 6.07) is 5.72. The van der Waals surface area contributed by atoms with Crippen LogP contribution in [0.1, 0.15) is 11.1 Å². The van der Waals surface area contributed by atoms with Crippen molar-refractivity contribution in [3.8, 4) is 0 Å². The van der Waals surface area contributed by atoms with Gasteiger partial charge in [0.05, 0.1) is 0 Å². The molecule has 0 atom stereocenters. The molecule has 11 heavy (non-hydrogen) atoms. The summed E-state index contributed by atoms with van der Waals surface area (Å²) in [5.74, 6) is 0. The third-order valence-corrected chi connectivity index (χ3v) is 1.65. The minimum atomic E-state index is 0. The summed E-state index contributed by atoms with van der Waals surface area (Å²) in [4.78, 5) is 0. The van der Waals surface area contributed by atoms with E-state index in [0.717, 1.165) is 16.1 Å². The fourth-order valence-electron chi connectivity index (χ4n) is 0.707. The van der Waals surface area contributed by atoms with E-state index >= 15 is 0 Å². The molecule has 0 nitrogen and oxygen atoms in total. The van der Waals surface area contributed by atoms with Gasteiger partial charge in [0.2, 0.25) is 0 Å². The molecule has 0 heterocycles. The molecule has 0 amide bonds. The molecule has 0 unspecified atom stereocenters. The Morgan fingerprint density at radius 3 is 2.27 bits per heavy atom. The smallest absolute Gasteiger partial charge is 1.00 e. The largest absolute Gasteiger partial charge is 2.00 e. The zero-order chi connectivity index (χ0) is 6.85. The van der Waals surface area contributed by atoms with E-state index in [0.29, 0.717) is 0 Å². The molecule has 0 radical (unpaired) electrons. The van der Waals surface area contributed by atoms with Crippen molar-refractivity contribution in [2.45, 2.75) is 6.92 Å². The number of rotatable bonds is 0. The first kappa shape index (κ1) is 14.0. The molecule has 1 aromatic carbocycles. The number of hydrogen-bond donors (Lipinski definition) is 0. The van der Waals surface area contributed by atoms with E-state index in [1.807, 2.05) is 25.1 Å². The quantitative estimate of drug-likeness (QED) is 0.389. The predicted octanol–water partition coefficient (Wildman–Crippen LogP) is -0.546. The maximum absolute atomic E-state index is 5.75. The Hall–Kier alpha value is 0.436. The standard InChI is InChI=1S/C8H8Cl.ClH.Mg/c1-6-3-4-8(9)7(2)5-6;;/h3-5H,1H2,2H3;1H;/q-1;;+2/p-1. The molecule has 0 saturated carbocycles. The van der Waals surface area contributed by atoms with Crippen LogP contribution < -0.4 is 12.4 Å². The van der Waals surface area contributed by atoms with Gasteiger partial charge in [-0.2, -0.15) is 24.6 Å². The Balaban J connectivity index is 0. The maximum Gasteiger partial charge on any atom is 2.00 e. The summed E-state index contributed by atoms with van der Waals surface area (Å²) in [6.45, 7) is 5.73. The molecule has 3 heteroatoms. The fourth-order valence-corrected chi connectivity index (χ4v) is 0.824. The van der Waals surface area contributed by atoms with Crippen LogP contribution in [0.25, 0.3) is 0 Å². The predicted molar refractivity (Wildman–Crippen MR) is 46.4 cm³/mol. The minimum absolute atomic E-state index is 0. The summed E-state index contributed by atoms with van der Waals surface area (Å²) in [6.07, 6.45) is 0. The van der Waals surface area contributed by atoms with Crippen molar-refractivity contribution in [1.82, 2.24) is 0 Å². The third kappa shape index (κ3) is 4.11. The van der Waals surface area contributed by atoms with Crippen LogP contribution in [0.2, 0.25) is 5.02 Å². The molecule has 0 bridgehead atoms. The summed E-state index contributed by atoms with van der Waals surface area (Å²) in [5.41, 5.74) is 2.10. The average Bonchev–Trinajstić information content (AvgIpc) is 1.80. The van der Waals surface area contributed by atoms with Crippen molar-refractivity contribution >= 4 is 34.7 Å². The molecule has 0 saturated heterocycles. The van der Waals surface area contributed by atoms with E-state index in [1.165, 1.54) is 0 Å². The Labute approximate surface area is 94.9 Å². The number of aryl methyl sites for hydroxylation is 1. The first-order valence-corrected chi connectivity index (χ1v) is 3.16. The second-order valence-electron chi connectivity index (χ2n) is 2.08. The van der Waals surface area contributed by atoms with Crippen LogP contribution in [-0.4, -0.2) is 23.1 Å². The number of halogens is 2. The first-order chi connectivity index (χ1) is 4.20. The van der Waals surface area contributed by atoms with Crippen molar-refractivity contribution in [3.05, 3.63) is 41.3 Å². The zero-order valence-electron chi connectivity index (χ0n) is 6.40. The van der Waals surface area contributed by atoms with Gasteiger partial charge >= 0.3 is 23.1 Å². The molecule has 0 fully saturated rings. The normalized spacial score (nSPS) is 7.82. The van der Waals surface area contributed by atoms with E-state index < -0.39 is 0 Å². The SMILES string of the molecule is [CH2-]c1ccc(Cl)c(C)c1.[Cl-].[Mg+2]. The molecular formula is C8H8Cl2Mg. The number of benzene rings is 1. The molecule has 0 aliphatic carbocycles. The van der Waals surface area contributed by atoms with Crippen LogP contribution in [-0.2, 0) is 0 Å². The van der Waals surface area contributed by atoms with Gasteiger partial charge in [0.15, 0.2) is 0 Å². The van der Waals surface area contributed by atoms with Crippen LogP contribution in [0.3, 0.4) is 0 Å². The molecule has 0 aliphatic heterocycles. The van der Waals surface area contributed by atoms with Gasteiger partial charge in [0.25, 0.3) is 0 Å². The summed E-state index contributed by atoms with van der Waals surface area (Å²) < 4.78 is 0. The topological polar surface area (TPSA) is 0 Å². The van der Waals surface area contributed by atoms with Crippen molar-refractivity contribution in [2.24, 2.45) is 0 Å². The average molecular weight is 199 g/mol. The van der Waals surface area contributed by atoms with E-state index in [1.54, 1.807) is 0 Å². The Morgan fingerprint density at radius 2 is 1.91 bits per heavy atom. The van der Waals surface area contributed by atoms with Crippen molar-refractivity contribution in [2.75, 3.05) is 0 Å². The zero-order valence-corrected chi connectivity index (χ0v) is 9.33. The van der Waals surface area contributed by atoms with Crippen molar-refractivity contribution in [3.63, 3.8) is 0 Å². The Morgan fingerprint density at radius 1 is 1.36 bits per heavy atom. The summed E-state index contributed by atoms with van der Waals surface area (Å²) in [5, 5.41) is 0.808. The van der Waals surface area contributed by atoms with Gasteiger partial charge in [-0.15, -0.1) is 0 Å². The number of hydrogen-bond acceptors (Lipinski definition) is 0. The second kappa shape index (κ2) is 6.01. The van der Waals surface area contributed by atoms with E-state index in [2.05, 4.69) is 6.92 Å². The van der Waals surface area contributed by atoms with Gasteiger partial charge in [0, 0.05) is 5.02 Å². The Kier molecular flexibility index (Phi) is 7.64. The third-order valence-electron chi connectivity index (χ3n) is 1.22. The second-order valence-corrected chi connectivity index (χ2v) is 2.49. The van der Waals surface area contributed by atoms with Gasteiger partial charge in [-0.1, -0.05) is 23.2 Å². The monoisotopic (exact) mass is 198 g/mol.